The van der Waals surface area contributed by atoms with Crippen LogP contribution < -0.4 is 10.2 Å². The fourth-order valence-electron chi connectivity index (χ4n) is 5.14. The number of amides is 1. The minimum atomic E-state index is -0.0955. The largest absolute Gasteiger partial charge is 0.464 e. The predicted molar refractivity (Wildman–Crippen MR) is 131 cm³/mol. The quantitative estimate of drug-likeness (QED) is 0.539. The van der Waals surface area contributed by atoms with E-state index in [-0.39, 0.29) is 5.91 Å². The van der Waals surface area contributed by atoms with Gasteiger partial charge in [0.25, 0.3) is 5.91 Å². The number of fused-ring (bicyclic) bond motifs is 2. The summed E-state index contributed by atoms with van der Waals surface area (Å²) in [6.07, 6.45) is 7.87. The summed E-state index contributed by atoms with van der Waals surface area (Å²) in [5, 5.41) is 4.15. The first-order valence-corrected chi connectivity index (χ1v) is 11.8. The number of nitrogens with one attached hydrogen (secondary N) is 1. The number of hydrogen-bond donors (Lipinski definition) is 1. The van der Waals surface area contributed by atoms with Gasteiger partial charge in [-0.25, -0.2) is 0 Å². The van der Waals surface area contributed by atoms with Crippen molar-refractivity contribution in [2.75, 3.05) is 36.4 Å². The van der Waals surface area contributed by atoms with Crippen molar-refractivity contribution in [1.82, 2.24) is 4.90 Å². The highest BCUT2D eigenvalue weighted by Crippen LogP contribution is 2.37. The number of nitrogens with zero attached hydrogens (tertiary/aromatic N) is 2. The van der Waals surface area contributed by atoms with Crippen LogP contribution in [0.4, 0.5) is 11.4 Å². The summed E-state index contributed by atoms with van der Waals surface area (Å²) in [7, 11) is 0. The Bertz CT molecular complexity index is 1160. The van der Waals surface area contributed by atoms with Crippen molar-refractivity contribution in [3.63, 3.8) is 0 Å². The number of hydrogen-bond acceptors (Lipinski definition) is 4. The second-order valence-corrected chi connectivity index (χ2v) is 8.76. The maximum absolute atomic E-state index is 13.0. The Kier molecular flexibility index (Phi) is 5.75. The summed E-state index contributed by atoms with van der Waals surface area (Å²) >= 11 is 0. The van der Waals surface area contributed by atoms with Crippen molar-refractivity contribution in [2.24, 2.45) is 0 Å². The van der Waals surface area contributed by atoms with Crippen molar-refractivity contribution in [1.29, 1.82) is 0 Å². The normalized spacial score (nSPS) is 18.4. The summed E-state index contributed by atoms with van der Waals surface area (Å²) in [6.45, 7) is 8.31. The molecule has 0 spiro atoms. The molecule has 0 bridgehead atoms. The van der Waals surface area contributed by atoms with E-state index in [2.05, 4.69) is 41.1 Å². The van der Waals surface area contributed by atoms with E-state index in [1.54, 1.807) is 0 Å². The third-order valence-electron chi connectivity index (χ3n) is 6.94. The molecule has 5 rings (SSSR count). The molecule has 3 aromatic rings. The van der Waals surface area contributed by atoms with Gasteiger partial charge in [-0.15, -0.1) is 0 Å². The molecule has 1 atom stereocenters. The van der Waals surface area contributed by atoms with Gasteiger partial charge in [0.15, 0.2) is 0 Å². The van der Waals surface area contributed by atoms with E-state index in [0.29, 0.717) is 11.6 Å². The van der Waals surface area contributed by atoms with Crippen LogP contribution in [-0.2, 0) is 0 Å². The highest BCUT2D eigenvalue weighted by Gasteiger charge is 2.29. The Morgan fingerprint density at radius 3 is 2.91 bits per heavy atom. The molecule has 0 aliphatic carbocycles. The van der Waals surface area contributed by atoms with Crippen LogP contribution in [-0.4, -0.2) is 43.0 Å². The molecule has 2 aliphatic rings. The van der Waals surface area contributed by atoms with E-state index < -0.39 is 0 Å². The van der Waals surface area contributed by atoms with Gasteiger partial charge < -0.3 is 14.6 Å². The van der Waals surface area contributed by atoms with Gasteiger partial charge in [-0.1, -0.05) is 12.1 Å². The summed E-state index contributed by atoms with van der Waals surface area (Å²) < 4.78 is 5.85. The molecule has 1 fully saturated rings. The Balaban J connectivity index is 1.38. The van der Waals surface area contributed by atoms with Gasteiger partial charge in [-0.05, 0) is 81.6 Å². The molecule has 1 saturated heterocycles. The lowest BCUT2D eigenvalue weighted by Gasteiger charge is -2.28. The zero-order valence-corrected chi connectivity index (χ0v) is 18.9. The van der Waals surface area contributed by atoms with Gasteiger partial charge >= 0.3 is 0 Å². The molecule has 1 N–H and O–H groups in total. The Morgan fingerprint density at radius 1 is 1.19 bits per heavy atom. The monoisotopic (exact) mass is 429 g/mol. The molecule has 5 nitrogen and oxygen atoms in total. The van der Waals surface area contributed by atoms with Crippen molar-refractivity contribution in [2.45, 2.75) is 39.2 Å². The van der Waals surface area contributed by atoms with Crippen molar-refractivity contribution in [3.8, 4) is 0 Å². The number of carbonyl (C=O) groups excluding carboxylic acids is 1. The maximum Gasteiger partial charge on any atom is 0.255 e. The number of carbonyl (C=O) groups is 1. The van der Waals surface area contributed by atoms with Crippen LogP contribution in [0.1, 0.15) is 49.0 Å². The molecule has 1 unspecified atom stereocenters. The van der Waals surface area contributed by atoms with Crippen molar-refractivity contribution < 1.29 is 9.21 Å². The number of rotatable bonds is 6. The summed E-state index contributed by atoms with van der Waals surface area (Å²) in [5.74, 6) is -0.0955. The Labute approximate surface area is 189 Å². The Morgan fingerprint density at radius 2 is 2.06 bits per heavy atom. The second-order valence-electron chi connectivity index (χ2n) is 8.76. The lowest BCUT2D eigenvalue weighted by atomic mass is 9.94. The van der Waals surface area contributed by atoms with Crippen LogP contribution >= 0.6 is 0 Å². The third-order valence-corrected chi connectivity index (χ3v) is 6.94. The topological polar surface area (TPSA) is 48.7 Å². The molecular formula is C27H31N3O2. The van der Waals surface area contributed by atoms with Crippen LogP contribution in [0.3, 0.4) is 0 Å². The molecule has 2 aromatic carbocycles. The second kappa shape index (κ2) is 8.83. The molecule has 0 radical (unpaired) electrons. The average Bonchev–Trinajstić information content (AvgIpc) is 3.46. The van der Waals surface area contributed by atoms with E-state index >= 15 is 0 Å². The number of furan rings is 1. The fraction of sp³-hybridized carbons (Fsp3) is 0.370. The standard InChI is InChI=1S/C27H31N3O2/c1-3-29(4-2)22-8-5-7-20(16-22)27(31)28-21-10-11-26-24(17-21)25(18-32-26)19-12-14-30-13-6-9-23(30)15-19/h5,7-8,10-12,16-18,23H,3-4,6,9,13-15H2,1-2H3,(H,28,31). The van der Waals surface area contributed by atoms with Crippen molar-refractivity contribution >= 4 is 33.8 Å². The molecule has 32 heavy (non-hydrogen) atoms. The van der Waals surface area contributed by atoms with Crippen LogP contribution in [0.2, 0.25) is 0 Å². The lowest BCUT2D eigenvalue weighted by molar-refractivity contribution is 0.102. The predicted octanol–water partition coefficient (Wildman–Crippen LogP) is 5.78. The molecule has 0 saturated carbocycles. The third kappa shape index (κ3) is 3.93. The van der Waals surface area contributed by atoms with E-state index in [1.165, 1.54) is 25.0 Å². The molecule has 1 amide bonds. The van der Waals surface area contributed by atoms with Gasteiger partial charge in [-0.2, -0.15) is 0 Å². The number of anilines is 2. The minimum absolute atomic E-state index is 0.0955. The van der Waals surface area contributed by atoms with E-state index in [9.17, 15) is 4.79 Å². The SMILES string of the molecule is CCN(CC)c1cccc(C(=O)Nc2ccc3occ(C4=CCN5CCCC5C4)c3c2)c1. The van der Waals surface area contributed by atoms with Crippen LogP contribution in [0.15, 0.2) is 59.2 Å². The maximum atomic E-state index is 13.0. The molecule has 2 aliphatic heterocycles. The van der Waals surface area contributed by atoms with Crippen LogP contribution in [0.25, 0.3) is 16.5 Å². The average molecular weight is 430 g/mol. The lowest BCUT2D eigenvalue weighted by Crippen LogP contribution is -2.32. The van der Waals surface area contributed by atoms with Gasteiger partial charge in [0.2, 0.25) is 0 Å². The van der Waals surface area contributed by atoms with Crippen LogP contribution in [0, 0.1) is 0 Å². The molecule has 5 heteroatoms. The Hall–Kier alpha value is -3.05. The molecular weight excluding hydrogens is 398 g/mol. The zero-order chi connectivity index (χ0) is 22.1. The number of benzene rings is 2. The van der Waals surface area contributed by atoms with E-state index in [0.717, 1.165) is 54.0 Å². The summed E-state index contributed by atoms with van der Waals surface area (Å²) in [6, 6.07) is 14.4. The summed E-state index contributed by atoms with van der Waals surface area (Å²) in [5.41, 5.74) is 5.90. The molecule has 1 aromatic heterocycles. The van der Waals surface area contributed by atoms with Crippen LogP contribution in [0.5, 0.6) is 0 Å². The first kappa shape index (κ1) is 20.8. The van der Waals surface area contributed by atoms with Gasteiger partial charge in [-0.3, -0.25) is 9.69 Å². The first-order valence-electron chi connectivity index (χ1n) is 11.8. The molecule has 3 heterocycles. The van der Waals surface area contributed by atoms with E-state index in [1.807, 2.05) is 42.7 Å². The first-order chi connectivity index (χ1) is 15.7. The summed E-state index contributed by atoms with van der Waals surface area (Å²) in [4.78, 5) is 17.8. The van der Waals surface area contributed by atoms with Gasteiger partial charge in [0, 0.05) is 53.6 Å². The zero-order valence-electron chi connectivity index (χ0n) is 18.9. The van der Waals surface area contributed by atoms with Crippen molar-refractivity contribution in [3.05, 3.63) is 65.9 Å². The van der Waals surface area contributed by atoms with Gasteiger partial charge in [0.05, 0.1) is 6.26 Å². The highest BCUT2D eigenvalue weighted by atomic mass is 16.3. The van der Waals surface area contributed by atoms with Gasteiger partial charge in [0.1, 0.15) is 5.58 Å². The minimum Gasteiger partial charge on any atom is -0.464 e. The highest BCUT2D eigenvalue weighted by molar-refractivity contribution is 6.06. The fourth-order valence-corrected chi connectivity index (χ4v) is 5.14. The molecule has 166 valence electrons. The van der Waals surface area contributed by atoms with E-state index in [4.69, 9.17) is 4.42 Å². The smallest absolute Gasteiger partial charge is 0.255 e.